The second-order valence-electron chi connectivity index (χ2n) is 5.93. The Balaban J connectivity index is 2.16. The maximum Gasteiger partial charge on any atom is 0.0821 e. The molecule has 4 unspecified atom stereocenters. The Labute approximate surface area is 115 Å². The third-order valence-corrected chi connectivity index (χ3v) is 5.12. The molecule has 0 saturated heterocycles. The standard InChI is InChI=1S/C16H23ClO/c1-10-7-8-13(9-11(10)2)16(18)14-5-4-6-15(17)12(14)3/h4-6,10-11,13,16,18H,7-9H2,1-3H3. The van der Waals surface area contributed by atoms with Crippen LogP contribution in [0.4, 0.5) is 0 Å². The Morgan fingerprint density at radius 1 is 1.22 bits per heavy atom. The molecular formula is C16H23ClO. The average molecular weight is 267 g/mol. The number of halogens is 1. The van der Waals surface area contributed by atoms with Crippen LogP contribution in [-0.4, -0.2) is 5.11 Å². The second kappa shape index (κ2) is 5.63. The van der Waals surface area contributed by atoms with E-state index in [0.29, 0.717) is 11.8 Å². The molecular weight excluding hydrogens is 244 g/mol. The molecule has 2 heteroatoms. The largest absolute Gasteiger partial charge is 0.388 e. The molecule has 0 aliphatic heterocycles. The molecule has 0 amide bonds. The number of hydrogen-bond acceptors (Lipinski definition) is 1. The molecule has 2 rings (SSSR count). The molecule has 0 radical (unpaired) electrons. The van der Waals surface area contributed by atoms with Crippen molar-refractivity contribution < 1.29 is 5.11 Å². The molecule has 0 bridgehead atoms. The summed E-state index contributed by atoms with van der Waals surface area (Å²) in [4.78, 5) is 0. The van der Waals surface area contributed by atoms with Crippen LogP contribution in [0, 0.1) is 24.7 Å². The molecule has 0 aromatic heterocycles. The molecule has 1 N–H and O–H groups in total. The lowest BCUT2D eigenvalue weighted by molar-refractivity contribution is 0.0557. The second-order valence-corrected chi connectivity index (χ2v) is 6.33. The highest BCUT2D eigenvalue weighted by Gasteiger charge is 2.30. The highest BCUT2D eigenvalue weighted by atomic mass is 35.5. The SMILES string of the molecule is Cc1c(Cl)cccc1C(O)C1CCC(C)C(C)C1. The van der Waals surface area contributed by atoms with Crippen molar-refractivity contribution in [3.8, 4) is 0 Å². The van der Waals surface area contributed by atoms with Gasteiger partial charge in [-0.3, -0.25) is 0 Å². The first kappa shape index (κ1) is 13.9. The Bertz CT molecular complexity index is 416. The molecule has 1 fully saturated rings. The number of benzene rings is 1. The van der Waals surface area contributed by atoms with Crippen molar-refractivity contribution in [3.05, 3.63) is 34.3 Å². The Morgan fingerprint density at radius 3 is 2.61 bits per heavy atom. The fraction of sp³-hybridized carbons (Fsp3) is 0.625. The van der Waals surface area contributed by atoms with Gasteiger partial charge >= 0.3 is 0 Å². The fourth-order valence-electron chi connectivity index (χ4n) is 3.07. The molecule has 100 valence electrons. The fourth-order valence-corrected chi connectivity index (χ4v) is 3.26. The van der Waals surface area contributed by atoms with E-state index in [4.69, 9.17) is 11.6 Å². The van der Waals surface area contributed by atoms with Crippen LogP contribution in [0.3, 0.4) is 0 Å². The van der Waals surface area contributed by atoms with E-state index in [-0.39, 0.29) is 6.10 Å². The van der Waals surface area contributed by atoms with Gasteiger partial charge in [-0.05, 0) is 54.7 Å². The van der Waals surface area contributed by atoms with Crippen molar-refractivity contribution in [2.45, 2.75) is 46.1 Å². The van der Waals surface area contributed by atoms with Gasteiger partial charge in [0.2, 0.25) is 0 Å². The number of hydrogen-bond donors (Lipinski definition) is 1. The van der Waals surface area contributed by atoms with Crippen molar-refractivity contribution in [2.24, 2.45) is 17.8 Å². The summed E-state index contributed by atoms with van der Waals surface area (Å²) in [6.07, 6.45) is 3.11. The summed E-state index contributed by atoms with van der Waals surface area (Å²) in [5.74, 6) is 1.88. The van der Waals surface area contributed by atoms with Crippen LogP contribution in [-0.2, 0) is 0 Å². The molecule has 1 aliphatic rings. The van der Waals surface area contributed by atoms with Crippen molar-refractivity contribution in [2.75, 3.05) is 0 Å². The lowest BCUT2D eigenvalue weighted by Gasteiger charge is -2.35. The monoisotopic (exact) mass is 266 g/mol. The van der Waals surface area contributed by atoms with Gasteiger partial charge in [-0.1, -0.05) is 44.0 Å². The number of aliphatic hydroxyl groups is 1. The van der Waals surface area contributed by atoms with E-state index in [1.54, 1.807) is 0 Å². The zero-order valence-electron chi connectivity index (χ0n) is 11.5. The summed E-state index contributed by atoms with van der Waals surface area (Å²) in [6, 6.07) is 5.83. The molecule has 0 spiro atoms. The molecule has 1 saturated carbocycles. The zero-order valence-corrected chi connectivity index (χ0v) is 12.2. The highest BCUT2D eigenvalue weighted by Crippen LogP contribution is 2.41. The summed E-state index contributed by atoms with van der Waals surface area (Å²) in [6.45, 7) is 6.61. The molecule has 1 nitrogen and oxygen atoms in total. The van der Waals surface area contributed by atoms with E-state index < -0.39 is 0 Å². The summed E-state index contributed by atoms with van der Waals surface area (Å²) < 4.78 is 0. The normalized spacial score (nSPS) is 30.2. The van der Waals surface area contributed by atoms with E-state index in [0.717, 1.165) is 34.9 Å². The minimum atomic E-state index is -0.362. The number of aliphatic hydroxyl groups excluding tert-OH is 1. The first-order chi connectivity index (χ1) is 8.50. The van der Waals surface area contributed by atoms with Crippen LogP contribution in [0.5, 0.6) is 0 Å². The van der Waals surface area contributed by atoms with E-state index >= 15 is 0 Å². The van der Waals surface area contributed by atoms with Crippen LogP contribution in [0.15, 0.2) is 18.2 Å². The molecule has 1 aromatic rings. The maximum atomic E-state index is 10.6. The summed E-state index contributed by atoms with van der Waals surface area (Å²) >= 11 is 6.14. The van der Waals surface area contributed by atoms with E-state index in [1.165, 1.54) is 6.42 Å². The third kappa shape index (κ3) is 2.73. The van der Waals surface area contributed by atoms with E-state index in [1.807, 2.05) is 25.1 Å². The van der Waals surface area contributed by atoms with Crippen LogP contribution in [0.2, 0.25) is 5.02 Å². The smallest absolute Gasteiger partial charge is 0.0821 e. The minimum absolute atomic E-state index is 0.362. The van der Waals surface area contributed by atoms with Crippen molar-refractivity contribution in [1.82, 2.24) is 0 Å². The first-order valence-electron chi connectivity index (χ1n) is 6.93. The lowest BCUT2D eigenvalue weighted by atomic mass is 9.72. The lowest BCUT2D eigenvalue weighted by Crippen LogP contribution is -2.25. The van der Waals surface area contributed by atoms with Gasteiger partial charge in [0, 0.05) is 5.02 Å². The van der Waals surface area contributed by atoms with Crippen LogP contribution < -0.4 is 0 Å². The summed E-state index contributed by atoms with van der Waals surface area (Å²) in [7, 11) is 0. The van der Waals surface area contributed by atoms with Gasteiger partial charge < -0.3 is 5.11 Å². The van der Waals surface area contributed by atoms with Gasteiger partial charge in [-0.25, -0.2) is 0 Å². The number of rotatable bonds is 2. The van der Waals surface area contributed by atoms with Crippen molar-refractivity contribution in [1.29, 1.82) is 0 Å². The molecule has 1 aromatic carbocycles. The van der Waals surface area contributed by atoms with Crippen molar-refractivity contribution >= 4 is 11.6 Å². The van der Waals surface area contributed by atoms with Gasteiger partial charge in [0.1, 0.15) is 0 Å². The predicted molar refractivity (Wildman–Crippen MR) is 76.8 cm³/mol. The topological polar surface area (TPSA) is 20.2 Å². The average Bonchev–Trinajstić information content (AvgIpc) is 2.35. The van der Waals surface area contributed by atoms with Crippen LogP contribution >= 0.6 is 11.6 Å². The van der Waals surface area contributed by atoms with Crippen molar-refractivity contribution in [3.63, 3.8) is 0 Å². The van der Waals surface area contributed by atoms with Gasteiger partial charge in [-0.2, -0.15) is 0 Å². The zero-order chi connectivity index (χ0) is 13.3. The maximum absolute atomic E-state index is 10.6. The Hall–Kier alpha value is -0.530. The van der Waals surface area contributed by atoms with E-state index in [9.17, 15) is 5.11 Å². The molecule has 1 aliphatic carbocycles. The Morgan fingerprint density at radius 2 is 1.94 bits per heavy atom. The van der Waals surface area contributed by atoms with E-state index in [2.05, 4.69) is 13.8 Å². The molecule has 0 heterocycles. The molecule has 4 atom stereocenters. The summed E-state index contributed by atoms with van der Waals surface area (Å²) in [5.41, 5.74) is 2.03. The van der Waals surface area contributed by atoms with Gasteiger partial charge in [-0.15, -0.1) is 0 Å². The minimum Gasteiger partial charge on any atom is -0.388 e. The first-order valence-corrected chi connectivity index (χ1v) is 7.31. The quantitative estimate of drug-likeness (QED) is 0.819. The predicted octanol–water partition coefficient (Wildman–Crippen LogP) is 4.75. The van der Waals surface area contributed by atoms with Gasteiger partial charge in [0.25, 0.3) is 0 Å². The van der Waals surface area contributed by atoms with Crippen LogP contribution in [0.25, 0.3) is 0 Å². The third-order valence-electron chi connectivity index (χ3n) is 4.71. The van der Waals surface area contributed by atoms with Gasteiger partial charge in [0.05, 0.1) is 6.10 Å². The van der Waals surface area contributed by atoms with Crippen LogP contribution in [0.1, 0.15) is 50.3 Å². The Kier molecular flexibility index (Phi) is 4.34. The highest BCUT2D eigenvalue weighted by molar-refractivity contribution is 6.31. The van der Waals surface area contributed by atoms with Gasteiger partial charge in [0.15, 0.2) is 0 Å². The molecule has 18 heavy (non-hydrogen) atoms. The summed E-state index contributed by atoms with van der Waals surface area (Å²) in [5, 5.41) is 11.3.